The largest absolute Gasteiger partial charge is 0.434 e. The molecule has 0 aliphatic heterocycles. The predicted octanol–water partition coefficient (Wildman–Crippen LogP) is 7.94. The van der Waals surface area contributed by atoms with E-state index in [1.54, 1.807) is 6.08 Å². The highest BCUT2D eigenvalue weighted by Gasteiger charge is 2.22. The summed E-state index contributed by atoms with van der Waals surface area (Å²) in [5, 5.41) is 1.68. The first-order valence-electron chi connectivity index (χ1n) is 10.3. The molecule has 1 saturated carbocycles. The molecule has 0 radical (unpaired) electrons. The Hall–Kier alpha value is -1.90. The van der Waals surface area contributed by atoms with Crippen molar-refractivity contribution in [3.05, 3.63) is 48.0 Å². The van der Waals surface area contributed by atoms with E-state index in [9.17, 15) is 8.78 Å². The van der Waals surface area contributed by atoms with Crippen molar-refractivity contribution < 1.29 is 13.5 Å². The highest BCUT2D eigenvalue weighted by atomic mass is 19.3. The van der Waals surface area contributed by atoms with Crippen LogP contribution in [0.3, 0.4) is 0 Å². The van der Waals surface area contributed by atoms with Crippen LogP contribution < -0.4 is 4.74 Å². The van der Waals surface area contributed by atoms with Gasteiger partial charge in [-0.1, -0.05) is 75.6 Å². The van der Waals surface area contributed by atoms with E-state index < -0.39 is 6.61 Å². The van der Waals surface area contributed by atoms with Crippen LogP contribution in [-0.4, -0.2) is 6.61 Å². The first kappa shape index (κ1) is 19.9. The molecule has 1 aliphatic carbocycles. The normalized spacial score (nSPS) is 20.1. The molecule has 27 heavy (non-hydrogen) atoms. The van der Waals surface area contributed by atoms with Crippen LogP contribution in [0.5, 0.6) is 5.75 Å². The topological polar surface area (TPSA) is 9.23 Å². The molecule has 0 spiro atoms. The Kier molecular flexibility index (Phi) is 6.87. The van der Waals surface area contributed by atoms with Gasteiger partial charge in [-0.2, -0.15) is 8.78 Å². The van der Waals surface area contributed by atoms with Crippen molar-refractivity contribution in [2.75, 3.05) is 0 Å². The van der Waals surface area contributed by atoms with Gasteiger partial charge in [-0.25, -0.2) is 0 Å². The van der Waals surface area contributed by atoms with Crippen LogP contribution in [0, 0.1) is 5.92 Å². The molecular formula is C24H30F2O. The van der Waals surface area contributed by atoms with E-state index >= 15 is 0 Å². The van der Waals surface area contributed by atoms with E-state index in [1.165, 1.54) is 56.9 Å². The van der Waals surface area contributed by atoms with Gasteiger partial charge in [-0.05, 0) is 48.5 Å². The van der Waals surface area contributed by atoms with Crippen LogP contribution in [0.1, 0.15) is 75.3 Å². The Labute approximate surface area is 161 Å². The van der Waals surface area contributed by atoms with Gasteiger partial charge in [0.1, 0.15) is 5.75 Å². The summed E-state index contributed by atoms with van der Waals surface area (Å²) in [6, 6.07) is 9.97. The highest BCUT2D eigenvalue weighted by Crippen LogP contribution is 2.40. The van der Waals surface area contributed by atoms with E-state index in [4.69, 9.17) is 4.74 Å². The average Bonchev–Trinajstić information content (AvgIpc) is 2.68. The maximum absolute atomic E-state index is 12.8. The minimum absolute atomic E-state index is 0.226. The second kappa shape index (κ2) is 9.34. The lowest BCUT2D eigenvalue weighted by atomic mass is 9.76. The second-order valence-electron chi connectivity index (χ2n) is 7.76. The maximum atomic E-state index is 12.8. The van der Waals surface area contributed by atoms with Crippen LogP contribution in [0.2, 0.25) is 0 Å². The van der Waals surface area contributed by atoms with E-state index in [0.29, 0.717) is 11.5 Å². The molecule has 0 atom stereocenters. The third-order valence-corrected chi connectivity index (χ3v) is 5.99. The number of unbranched alkanes of at least 4 members (excludes halogenated alkanes) is 2. The summed E-state index contributed by atoms with van der Waals surface area (Å²) in [6.45, 7) is 3.13. The first-order chi connectivity index (χ1) is 13.1. The first-order valence-corrected chi connectivity index (χ1v) is 10.3. The fraction of sp³-hybridized carbons (Fsp3) is 0.500. The van der Waals surface area contributed by atoms with Gasteiger partial charge in [0.2, 0.25) is 0 Å². The van der Waals surface area contributed by atoms with Gasteiger partial charge in [-0.15, -0.1) is 0 Å². The van der Waals surface area contributed by atoms with Crippen molar-refractivity contribution in [3.63, 3.8) is 0 Å². The van der Waals surface area contributed by atoms with Crippen molar-refractivity contribution >= 4 is 16.8 Å². The maximum Gasteiger partial charge on any atom is 0.387 e. The molecule has 1 aliphatic rings. The number of benzene rings is 2. The average molecular weight is 372 g/mol. The lowest BCUT2D eigenvalue weighted by Gasteiger charge is -2.29. The molecule has 2 aromatic rings. The van der Waals surface area contributed by atoms with Gasteiger partial charge < -0.3 is 4.74 Å². The minimum Gasteiger partial charge on any atom is -0.434 e. The number of rotatable bonds is 8. The van der Waals surface area contributed by atoms with Crippen molar-refractivity contribution in [1.29, 1.82) is 0 Å². The van der Waals surface area contributed by atoms with E-state index in [-0.39, 0.29) is 5.75 Å². The molecule has 1 nitrogen and oxygen atoms in total. The smallest absolute Gasteiger partial charge is 0.387 e. The van der Waals surface area contributed by atoms with Crippen LogP contribution in [0.15, 0.2) is 36.9 Å². The Morgan fingerprint density at radius 3 is 2.56 bits per heavy atom. The Morgan fingerprint density at radius 2 is 1.89 bits per heavy atom. The minimum atomic E-state index is -2.84. The van der Waals surface area contributed by atoms with Crippen molar-refractivity contribution in [1.82, 2.24) is 0 Å². The van der Waals surface area contributed by atoms with Crippen molar-refractivity contribution in [2.45, 2.75) is 70.8 Å². The fourth-order valence-corrected chi connectivity index (χ4v) is 4.44. The number of fused-ring (bicyclic) bond motifs is 1. The van der Waals surface area contributed by atoms with Gasteiger partial charge in [0.15, 0.2) is 0 Å². The van der Waals surface area contributed by atoms with E-state index in [2.05, 4.69) is 25.6 Å². The van der Waals surface area contributed by atoms with Gasteiger partial charge in [-0.3, -0.25) is 0 Å². The number of hydrogen-bond donors (Lipinski definition) is 0. The zero-order valence-corrected chi connectivity index (χ0v) is 16.2. The summed E-state index contributed by atoms with van der Waals surface area (Å²) < 4.78 is 30.4. The summed E-state index contributed by atoms with van der Waals surface area (Å²) in [4.78, 5) is 0. The summed E-state index contributed by atoms with van der Waals surface area (Å²) >= 11 is 0. The molecule has 0 bridgehead atoms. The summed E-state index contributed by atoms with van der Waals surface area (Å²) in [5.74, 6) is 1.69. The Morgan fingerprint density at radius 1 is 1.11 bits per heavy atom. The lowest BCUT2D eigenvalue weighted by molar-refractivity contribution is -0.0489. The molecule has 0 aromatic heterocycles. The van der Waals surface area contributed by atoms with E-state index in [0.717, 1.165) is 16.7 Å². The zero-order valence-electron chi connectivity index (χ0n) is 16.2. The number of hydrogen-bond acceptors (Lipinski definition) is 1. The third-order valence-electron chi connectivity index (χ3n) is 5.99. The Bertz CT molecular complexity index is 760. The quantitative estimate of drug-likeness (QED) is 0.427. The Balaban J connectivity index is 1.75. The van der Waals surface area contributed by atoms with E-state index in [1.807, 2.05) is 18.2 Å². The van der Waals surface area contributed by atoms with Gasteiger partial charge in [0.25, 0.3) is 0 Å². The standard InChI is InChI=1S/C24H30F2O/c1-3-5-6-7-17-8-10-19(11-9-17)20-14-15-22-21(16-20)13-12-18(4-2)23(22)27-24(25)26/h4,12-17,19,24H,2-3,5-11H2,1H3. The molecule has 3 rings (SSSR count). The van der Waals surface area contributed by atoms with Crippen molar-refractivity contribution in [2.24, 2.45) is 5.92 Å². The second-order valence-corrected chi connectivity index (χ2v) is 7.76. The van der Waals surface area contributed by atoms with Crippen LogP contribution in [-0.2, 0) is 0 Å². The predicted molar refractivity (Wildman–Crippen MR) is 110 cm³/mol. The van der Waals surface area contributed by atoms with Crippen LogP contribution >= 0.6 is 0 Å². The molecule has 1 fully saturated rings. The molecule has 0 heterocycles. The molecule has 0 N–H and O–H groups in total. The van der Waals surface area contributed by atoms with Gasteiger partial charge >= 0.3 is 6.61 Å². The number of ether oxygens (including phenoxy) is 1. The number of halogens is 2. The lowest BCUT2D eigenvalue weighted by Crippen LogP contribution is -2.13. The molecule has 2 aromatic carbocycles. The molecule has 0 unspecified atom stereocenters. The van der Waals surface area contributed by atoms with Gasteiger partial charge in [0.05, 0.1) is 0 Å². The third kappa shape index (κ3) is 4.88. The molecular weight excluding hydrogens is 342 g/mol. The molecule has 0 amide bonds. The molecule has 0 saturated heterocycles. The number of alkyl halides is 2. The monoisotopic (exact) mass is 372 g/mol. The van der Waals surface area contributed by atoms with Gasteiger partial charge in [0, 0.05) is 10.9 Å². The fourth-order valence-electron chi connectivity index (χ4n) is 4.44. The van der Waals surface area contributed by atoms with Crippen molar-refractivity contribution in [3.8, 4) is 5.75 Å². The zero-order chi connectivity index (χ0) is 19.2. The molecule has 146 valence electrons. The van der Waals surface area contributed by atoms with Crippen LogP contribution in [0.4, 0.5) is 8.78 Å². The summed E-state index contributed by atoms with van der Waals surface area (Å²) in [6.07, 6.45) is 12.0. The highest BCUT2D eigenvalue weighted by molar-refractivity contribution is 5.92. The molecule has 3 heteroatoms. The SMILES string of the molecule is C=Cc1ccc2cc(C3CCC(CCCCC)CC3)ccc2c1OC(F)F. The van der Waals surface area contributed by atoms with Crippen LogP contribution in [0.25, 0.3) is 16.8 Å². The summed E-state index contributed by atoms with van der Waals surface area (Å²) in [5.41, 5.74) is 1.92. The summed E-state index contributed by atoms with van der Waals surface area (Å²) in [7, 11) is 0.